The van der Waals surface area contributed by atoms with Crippen LogP contribution in [0.4, 0.5) is 11.4 Å². The first kappa shape index (κ1) is 24.2. The molecule has 0 spiro atoms. The zero-order valence-corrected chi connectivity index (χ0v) is 21.1. The first-order valence-corrected chi connectivity index (χ1v) is 13.1. The smallest absolute Gasteiger partial charge is 0.265 e. The second kappa shape index (κ2) is 9.60. The number of thiophene rings is 1. The van der Waals surface area contributed by atoms with Crippen molar-refractivity contribution in [3.05, 3.63) is 34.8 Å². The van der Waals surface area contributed by atoms with E-state index in [0.29, 0.717) is 23.7 Å². The van der Waals surface area contributed by atoms with E-state index in [2.05, 4.69) is 15.3 Å². The second-order valence-electron chi connectivity index (χ2n) is 7.43. The third-order valence-electron chi connectivity index (χ3n) is 5.58. The van der Waals surface area contributed by atoms with E-state index < -0.39 is 10.0 Å². The Bertz CT molecular complexity index is 1190. The van der Waals surface area contributed by atoms with Crippen LogP contribution in [-0.2, 0) is 17.1 Å². The van der Waals surface area contributed by atoms with Crippen LogP contribution in [0.5, 0.6) is 0 Å². The zero-order chi connectivity index (χ0) is 23.6. The molecular weight excluding hydrogens is 446 g/mol. The lowest BCUT2D eigenvalue weighted by Gasteiger charge is -2.25. The van der Waals surface area contributed by atoms with E-state index in [-0.39, 0.29) is 10.8 Å². The van der Waals surface area contributed by atoms with Gasteiger partial charge in [0.2, 0.25) is 10.0 Å². The number of aromatic nitrogens is 2. The summed E-state index contributed by atoms with van der Waals surface area (Å²) in [5.41, 5.74) is 2.15. The average molecular weight is 478 g/mol. The summed E-state index contributed by atoms with van der Waals surface area (Å²) in [6.45, 7) is 11.8. The molecule has 2 heterocycles. The van der Waals surface area contributed by atoms with Crippen LogP contribution in [0, 0.1) is 6.92 Å². The summed E-state index contributed by atoms with van der Waals surface area (Å²) in [6, 6.07) is 6.80. The van der Waals surface area contributed by atoms with Crippen LogP contribution in [0.25, 0.3) is 10.2 Å². The molecule has 10 heteroatoms. The van der Waals surface area contributed by atoms with Gasteiger partial charge >= 0.3 is 0 Å². The molecule has 32 heavy (non-hydrogen) atoms. The van der Waals surface area contributed by atoms with E-state index >= 15 is 0 Å². The highest BCUT2D eigenvalue weighted by atomic mass is 32.2. The van der Waals surface area contributed by atoms with Gasteiger partial charge in [-0.25, -0.2) is 8.42 Å². The molecule has 0 aliphatic rings. The third kappa shape index (κ3) is 4.39. The molecule has 0 saturated heterocycles. The highest BCUT2D eigenvalue weighted by Crippen LogP contribution is 2.32. The Morgan fingerprint density at radius 1 is 1.09 bits per heavy atom. The minimum atomic E-state index is -3.65. The molecule has 0 bridgehead atoms. The van der Waals surface area contributed by atoms with Crippen molar-refractivity contribution in [3.63, 3.8) is 0 Å². The summed E-state index contributed by atoms with van der Waals surface area (Å²) in [4.78, 5) is 16.9. The quantitative estimate of drug-likeness (QED) is 0.502. The van der Waals surface area contributed by atoms with Crippen molar-refractivity contribution in [1.29, 1.82) is 0 Å². The van der Waals surface area contributed by atoms with Gasteiger partial charge in [0.1, 0.15) is 4.83 Å². The maximum atomic E-state index is 13.2. The number of sulfonamides is 1. The SMILES string of the molecule is CCN(CC)c1ccc(S(=O)(=O)N(CC)CC)cc1NC(=O)c1cc2c(C)nn(C)c2s1. The Morgan fingerprint density at radius 2 is 1.75 bits per heavy atom. The number of fused-ring (bicyclic) bond motifs is 1. The molecular formula is C22H31N5O3S2. The van der Waals surface area contributed by atoms with E-state index in [9.17, 15) is 13.2 Å². The average Bonchev–Trinajstić information content (AvgIpc) is 3.32. The molecule has 0 radical (unpaired) electrons. The largest absolute Gasteiger partial charge is 0.370 e. The standard InChI is InChI=1S/C22H31N5O3S2/c1-7-26(8-2)19-12-11-16(32(29,30)27(9-3)10-4)13-18(19)23-21(28)20-14-17-15(5)24-25(6)22(17)31-20/h11-14H,7-10H2,1-6H3,(H,23,28). The van der Waals surface area contributed by atoms with Crippen molar-refractivity contribution in [2.75, 3.05) is 36.4 Å². The highest BCUT2D eigenvalue weighted by molar-refractivity contribution is 7.89. The molecule has 1 aromatic carbocycles. The number of carbonyl (C=O) groups excluding carboxylic acids is 1. The van der Waals surface area contributed by atoms with Crippen LogP contribution in [0.1, 0.15) is 43.1 Å². The molecule has 0 aliphatic carbocycles. The summed E-state index contributed by atoms with van der Waals surface area (Å²) >= 11 is 1.37. The van der Waals surface area contributed by atoms with Crippen molar-refractivity contribution >= 4 is 48.9 Å². The summed E-state index contributed by atoms with van der Waals surface area (Å²) in [7, 11) is -1.79. The van der Waals surface area contributed by atoms with Gasteiger partial charge in [-0.1, -0.05) is 13.8 Å². The molecule has 0 fully saturated rings. The summed E-state index contributed by atoms with van der Waals surface area (Å²) in [6.07, 6.45) is 0. The van der Waals surface area contributed by atoms with Crippen LogP contribution < -0.4 is 10.2 Å². The van der Waals surface area contributed by atoms with Crippen LogP contribution in [0.2, 0.25) is 0 Å². The first-order valence-electron chi connectivity index (χ1n) is 10.8. The number of carbonyl (C=O) groups is 1. The molecule has 2 aromatic heterocycles. The van der Waals surface area contributed by atoms with E-state index in [0.717, 1.165) is 34.7 Å². The van der Waals surface area contributed by atoms with Crippen LogP contribution in [0.15, 0.2) is 29.2 Å². The van der Waals surface area contributed by atoms with Crippen LogP contribution >= 0.6 is 11.3 Å². The fourth-order valence-electron chi connectivity index (χ4n) is 3.83. The van der Waals surface area contributed by atoms with Crippen LogP contribution in [0.3, 0.4) is 0 Å². The zero-order valence-electron chi connectivity index (χ0n) is 19.5. The lowest BCUT2D eigenvalue weighted by molar-refractivity contribution is 0.103. The Balaban J connectivity index is 2.04. The number of nitrogens with zero attached hydrogens (tertiary/aromatic N) is 4. The Labute approximate surface area is 193 Å². The number of hydrogen-bond acceptors (Lipinski definition) is 6. The molecule has 0 unspecified atom stereocenters. The van der Waals surface area contributed by atoms with Gasteiger partial charge in [0.15, 0.2) is 0 Å². The second-order valence-corrected chi connectivity index (χ2v) is 10.4. The molecule has 0 aliphatic heterocycles. The molecule has 0 saturated carbocycles. The van der Waals surface area contributed by atoms with E-state index in [1.165, 1.54) is 15.6 Å². The number of hydrogen-bond donors (Lipinski definition) is 1. The maximum absolute atomic E-state index is 13.2. The Morgan fingerprint density at radius 3 is 2.31 bits per heavy atom. The summed E-state index contributed by atoms with van der Waals surface area (Å²) in [5.74, 6) is -0.267. The lowest BCUT2D eigenvalue weighted by Crippen LogP contribution is -2.31. The fourth-order valence-corrected chi connectivity index (χ4v) is 6.33. The third-order valence-corrected chi connectivity index (χ3v) is 8.83. The predicted octanol–water partition coefficient (Wildman–Crippen LogP) is 4.07. The Kier molecular flexibility index (Phi) is 7.26. The number of benzene rings is 1. The van der Waals surface area contributed by atoms with Gasteiger partial charge in [-0.2, -0.15) is 9.40 Å². The van der Waals surface area contributed by atoms with Gasteiger partial charge < -0.3 is 10.2 Å². The first-order chi connectivity index (χ1) is 15.2. The van der Waals surface area contributed by atoms with Gasteiger partial charge in [0, 0.05) is 38.6 Å². The van der Waals surface area contributed by atoms with Crippen molar-refractivity contribution in [2.45, 2.75) is 39.5 Å². The highest BCUT2D eigenvalue weighted by Gasteiger charge is 2.24. The van der Waals surface area contributed by atoms with Crippen molar-refractivity contribution in [2.24, 2.45) is 7.05 Å². The minimum Gasteiger partial charge on any atom is -0.370 e. The monoisotopic (exact) mass is 477 g/mol. The maximum Gasteiger partial charge on any atom is 0.265 e. The van der Waals surface area contributed by atoms with Gasteiger partial charge in [0.05, 0.1) is 26.8 Å². The molecule has 3 aromatic rings. The van der Waals surface area contributed by atoms with E-state index in [4.69, 9.17) is 0 Å². The van der Waals surface area contributed by atoms with Crippen LogP contribution in [-0.4, -0.2) is 54.6 Å². The number of anilines is 2. The molecule has 0 atom stereocenters. The molecule has 1 amide bonds. The summed E-state index contributed by atoms with van der Waals surface area (Å²) in [5, 5.41) is 8.30. The number of rotatable bonds is 9. The molecule has 8 nitrogen and oxygen atoms in total. The molecule has 3 rings (SSSR count). The molecule has 1 N–H and O–H groups in total. The predicted molar refractivity (Wildman–Crippen MR) is 131 cm³/mol. The number of nitrogens with one attached hydrogen (secondary N) is 1. The van der Waals surface area contributed by atoms with Gasteiger partial charge in [-0.3, -0.25) is 9.48 Å². The minimum absolute atomic E-state index is 0.170. The van der Waals surface area contributed by atoms with Gasteiger partial charge in [-0.05, 0) is 45.0 Å². The normalized spacial score (nSPS) is 12.0. The number of amides is 1. The summed E-state index contributed by atoms with van der Waals surface area (Å²) < 4.78 is 29.3. The number of aryl methyl sites for hydroxylation is 2. The fraction of sp³-hybridized carbons (Fsp3) is 0.455. The topological polar surface area (TPSA) is 87.5 Å². The Hall–Kier alpha value is -2.43. The van der Waals surface area contributed by atoms with Crippen molar-refractivity contribution in [3.8, 4) is 0 Å². The molecule has 174 valence electrons. The van der Waals surface area contributed by atoms with Gasteiger partial charge in [-0.15, -0.1) is 11.3 Å². The van der Waals surface area contributed by atoms with Crippen molar-refractivity contribution in [1.82, 2.24) is 14.1 Å². The van der Waals surface area contributed by atoms with Crippen molar-refractivity contribution < 1.29 is 13.2 Å². The van der Waals surface area contributed by atoms with Gasteiger partial charge in [0.25, 0.3) is 5.91 Å². The lowest BCUT2D eigenvalue weighted by atomic mass is 10.2. The van der Waals surface area contributed by atoms with E-state index in [1.54, 1.807) is 22.9 Å². The van der Waals surface area contributed by atoms with E-state index in [1.807, 2.05) is 47.7 Å².